The predicted octanol–water partition coefficient (Wildman–Crippen LogP) is 3.82. The molecule has 4 heteroatoms. The van der Waals surface area contributed by atoms with Gasteiger partial charge < -0.3 is 9.47 Å². The Labute approximate surface area is 161 Å². The van der Waals surface area contributed by atoms with Crippen LogP contribution in [-0.2, 0) is 14.3 Å². The molecule has 2 aliphatic rings. The summed E-state index contributed by atoms with van der Waals surface area (Å²) in [4.78, 5) is 15.0. The van der Waals surface area contributed by atoms with Crippen molar-refractivity contribution in [2.24, 2.45) is 5.92 Å². The Kier molecular flexibility index (Phi) is 5.28. The zero-order valence-electron chi connectivity index (χ0n) is 16.0. The summed E-state index contributed by atoms with van der Waals surface area (Å²) < 4.78 is 11.9. The van der Waals surface area contributed by atoms with Crippen molar-refractivity contribution in [2.45, 2.75) is 43.6 Å². The van der Waals surface area contributed by atoms with E-state index in [0.717, 1.165) is 30.4 Å². The third-order valence-corrected chi connectivity index (χ3v) is 6.20. The molecule has 2 aliphatic heterocycles. The van der Waals surface area contributed by atoms with Crippen LogP contribution in [0.25, 0.3) is 0 Å². The fraction of sp³-hybridized carbons (Fsp3) is 0.435. The lowest BCUT2D eigenvalue weighted by Gasteiger charge is -2.42. The topological polar surface area (TPSA) is 38.8 Å². The van der Waals surface area contributed by atoms with E-state index in [1.165, 1.54) is 7.11 Å². The highest BCUT2D eigenvalue weighted by Gasteiger charge is 2.50. The molecule has 0 spiro atoms. The second-order valence-corrected chi connectivity index (χ2v) is 7.62. The first kappa shape index (κ1) is 18.2. The highest BCUT2D eigenvalue weighted by Crippen LogP contribution is 2.42. The minimum atomic E-state index is -0.242. The van der Waals surface area contributed by atoms with Gasteiger partial charge in [-0.15, -0.1) is 0 Å². The Bertz CT molecular complexity index is 724. The van der Waals surface area contributed by atoms with Crippen LogP contribution in [0.1, 0.15) is 36.5 Å². The van der Waals surface area contributed by atoms with Crippen molar-refractivity contribution in [3.8, 4) is 0 Å². The molecule has 0 saturated carbocycles. The van der Waals surface area contributed by atoms with Gasteiger partial charge in [0.2, 0.25) is 0 Å². The number of carbonyl (C=O) groups excluding carboxylic acids is 1. The molecule has 0 N–H and O–H groups in total. The van der Waals surface area contributed by atoms with Crippen LogP contribution >= 0.6 is 0 Å². The van der Waals surface area contributed by atoms with Crippen LogP contribution in [0.15, 0.2) is 60.7 Å². The molecule has 2 fully saturated rings. The first-order valence-corrected chi connectivity index (χ1v) is 9.74. The van der Waals surface area contributed by atoms with Gasteiger partial charge in [0.05, 0.1) is 19.1 Å². The minimum Gasteiger partial charge on any atom is -0.469 e. The Morgan fingerprint density at radius 1 is 1.00 bits per heavy atom. The number of rotatable bonds is 5. The highest BCUT2D eigenvalue weighted by atomic mass is 16.5. The van der Waals surface area contributed by atoms with E-state index < -0.39 is 0 Å². The van der Waals surface area contributed by atoms with Gasteiger partial charge in [-0.1, -0.05) is 60.7 Å². The number of methoxy groups -OCH3 is 1. The number of hydrogen-bond donors (Lipinski definition) is 0. The maximum Gasteiger partial charge on any atom is 0.312 e. The first-order chi connectivity index (χ1) is 13.2. The molecule has 4 nitrogen and oxygen atoms in total. The Balaban J connectivity index is 1.66. The number of nitrogens with zero attached hydrogens (tertiary/aromatic N) is 1. The normalized spacial score (nSPS) is 27.7. The van der Waals surface area contributed by atoms with Gasteiger partial charge in [-0.05, 0) is 37.4 Å². The van der Waals surface area contributed by atoms with Crippen molar-refractivity contribution in [3.05, 3.63) is 71.8 Å². The molecule has 2 aromatic rings. The monoisotopic (exact) mass is 365 g/mol. The fourth-order valence-electron chi connectivity index (χ4n) is 4.79. The van der Waals surface area contributed by atoms with Crippen molar-refractivity contribution in [1.82, 2.24) is 4.90 Å². The molecule has 2 bridgehead atoms. The fourth-order valence-corrected chi connectivity index (χ4v) is 4.79. The molecule has 4 atom stereocenters. The number of piperidine rings is 1. The molecule has 2 heterocycles. The van der Waals surface area contributed by atoms with Crippen LogP contribution in [0.3, 0.4) is 0 Å². The number of benzene rings is 2. The predicted molar refractivity (Wildman–Crippen MR) is 104 cm³/mol. The Morgan fingerprint density at radius 2 is 1.59 bits per heavy atom. The molecule has 0 aromatic heterocycles. The van der Waals surface area contributed by atoms with Gasteiger partial charge in [-0.3, -0.25) is 9.69 Å². The summed E-state index contributed by atoms with van der Waals surface area (Å²) in [7, 11) is 3.60. The largest absolute Gasteiger partial charge is 0.469 e. The maximum absolute atomic E-state index is 12.6. The smallest absolute Gasteiger partial charge is 0.312 e. The first-order valence-electron chi connectivity index (χ1n) is 9.74. The number of ether oxygens (including phenoxy) is 2. The Hall–Kier alpha value is -2.17. The molecule has 0 aliphatic carbocycles. The SMILES string of the molecule is COC(=O)[C@@H]1C2CCC(C[C@H]1OC(c1ccccc1)c1ccccc1)N2C. The van der Waals surface area contributed by atoms with E-state index in [0.29, 0.717) is 6.04 Å². The Morgan fingerprint density at radius 3 is 2.15 bits per heavy atom. The van der Waals surface area contributed by atoms with Crippen LogP contribution < -0.4 is 0 Å². The quantitative estimate of drug-likeness (QED) is 0.755. The van der Waals surface area contributed by atoms with Gasteiger partial charge in [-0.25, -0.2) is 0 Å². The molecular weight excluding hydrogens is 338 g/mol. The average molecular weight is 365 g/mol. The van der Waals surface area contributed by atoms with Crippen molar-refractivity contribution >= 4 is 5.97 Å². The van der Waals surface area contributed by atoms with Crippen LogP contribution in [0.4, 0.5) is 0 Å². The van der Waals surface area contributed by atoms with Gasteiger partial charge in [0.25, 0.3) is 0 Å². The van der Waals surface area contributed by atoms with Crippen LogP contribution in [0.5, 0.6) is 0 Å². The summed E-state index contributed by atoms with van der Waals surface area (Å²) in [5.74, 6) is -0.397. The number of hydrogen-bond acceptors (Lipinski definition) is 4. The van der Waals surface area contributed by atoms with Crippen LogP contribution in [-0.4, -0.2) is 43.2 Å². The zero-order chi connectivity index (χ0) is 18.8. The number of fused-ring (bicyclic) bond motifs is 2. The van der Waals surface area contributed by atoms with E-state index in [1.807, 2.05) is 36.4 Å². The average Bonchev–Trinajstić information content (AvgIpc) is 2.96. The van der Waals surface area contributed by atoms with E-state index in [-0.39, 0.29) is 30.1 Å². The molecule has 2 unspecified atom stereocenters. The van der Waals surface area contributed by atoms with E-state index in [2.05, 4.69) is 36.2 Å². The number of carbonyl (C=O) groups is 1. The summed E-state index contributed by atoms with van der Waals surface area (Å²) in [6.07, 6.45) is 2.69. The lowest BCUT2D eigenvalue weighted by molar-refractivity contribution is -0.162. The summed E-state index contributed by atoms with van der Waals surface area (Å²) >= 11 is 0. The highest BCUT2D eigenvalue weighted by molar-refractivity contribution is 5.74. The third kappa shape index (κ3) is 3.52. The molecule has 0 radical (unpaired) electrons. The van der Waals surface area contributed by atoms with Crippen molar-refractivity contribution in [1.29, 1.82) is 0 Å². The van der Waals surface area contributed by atoms with E-state index in [4.69, 9.17) is 9.47 Å². The summed E-state index contributed by atoms with van der Waals surface area (Å²) in [6, 6.07) is 21.2. The minimum absolute atomic E-state index is 0.142. The van der Waals surface area contributed by atoms with E-state index in [1.54, 1.807) is 0 Å². The maximum atomic E-state index is 12.6. The third-order valence-electron chi connectivity index (χ3n) is 6.20. The van der Waals surface area contributed by atoms with Crippen molar-refractivity contribution in [2.75, 3.05) is 14.2 Å². The zero-order valence-corrected chi connectivity index (χ0v) is 16.0. The standard InChI is InChI=1S/C23H27NO3/c1-24-18-13-14-19(24)21(23(25)26-2)20(15-18)27-22(16-9-5-3-6-10-16)17-11-7-4-8-12-17/h3-12,18-22H,13-15H2,1-2H3/t18?,19?,20-,21-/m1/s1. The molecule has 4 rings (SSSR count). The van der Waals surface area contributed by atoms with Gasteiger partial charge in [0.1, 0.15) is 6.10 Å². The lowest BCUT2D eigenvalue weighted by atomic mass is 9.87. The molecular formula is C23H27NO3. The molecule has 27 heavy (non-hydrogen) atoms. The summed E-state index contributed by atoms with van der Waals surface area (Å²) in [5, 5.41) is 0. The second kappa shape index (κ2) is 7.83. The van der Waals surface area contributed by atoms with E-state index in [9.17, 15) is 4.79 Å². The number of esters is 1. The second-order valence-electron chi connectivity index (χ2n) is 7.62. The van der Waals surface area contributed by atoms with Gasteiger partial charge in [0, 0.05) is 12.1 Å². The lowest BCUT2D eigenvalue weighted by Crippen LogP contribution is -2.53. The summed E-state index contributed by atoms with van der Waals surface area (Å²) in [5.41, 5.74) is 2.22. The van der Waals surface area contributed by atoms with Gasteiger partial charge >= 0.3 is 5.97 Å². The molecule has 142 valence electrons. The van der Waals surface area contributed by atoms with Crippen LogP contribution in [0.2, 0.25) is 0 Å². The molecule has 2 saturated heterocycles. The van der Waals surface area contributed by atoms with Crippen LogP contribution in [0, 0.1) is 5.92 Å². The summed E-state index contributed by atoms with van der Waals surface area (Å²) in [6.45, 7) is 0. The van der Waals surface area contributed by atoms with Gasteiger partial charge in [0.15, 0.2) is 0 Å². The van der Waals surface area contributed by atoms with Crippen molar-refractivity contribution in [3.63, 3.8) is 0 Å². The molecule has 2 aromatic carbocycles. The molecule has 0 amide bonds. The van der Waals surface area contributed by atoms with Crippen molar-refractivity contribution < 1.29 is 14.3 Å². The van der Waals surface area contributed by atoms with E-state index >= 15 is 0 Å². The van der Waals surface area contributed by atoms with Gasteiger partial charge in [-0.2, -0.15) is 0 Å².